The summed E-state index contributed by atoms with van der Waals surface area (Å²) >= 11 is 5.91. The first-order valence-corrected chi connectivity index (χ1v) is 12.4. The highest BCUT2D eigenvalue weighted by Gasteiger charge is 2.48. The molecule has 3 heterocycles. The first-order valence-electron chi connectivity index (χ1n) is 12.0. The minimum absolute atomic E-state index is 0.0991. The average molecular weight is 507 g/mol. The highest BCUT2D eigenvalue weighted by atomic mass is 35.5. The summed E-state index contributed by atoms with van der Waals surface area (Å²) in [7, 11) is 0. The molecule has 2 aromatic heterocycles. The number of halogens is 1. The fourth-order valence-electron chi connectivity index (χ4n) is 5.47. The molecule has 2 aliphatic rings. The Kier molecular flexibility index (Phi) is 6.18. The maximum absolute atomic E-state index is 11.7. The molecule has 10 heteroatoms. The van der Waals surface area contributed by atoms with E-state index in [2.05, 4.69) is 26.3 Å². The lowest BCUT2D eigenvalue weighted by Crippen LogP contribution is -2.55. The lowest BCUT2D eigenvalue weighted by molar-refractivity contribution is -0.0719. The molecular weight excluding hydrogens is 480 g/mol. The number of carboxylic acid groups (broad SMARTS) is 1. The first kappa shape index (κ1) is 24.2. The highest BCUT2D eigenvalue weighted by Crippen LogP contribution is 2.48. The number of aryl methyl sites for hydroxylation is 1. The molecule has 1 saturated heterocycles. The van der Waals surface area contributed by atoms with Gasteiger partial charge in [0.25, 0.3) is 0 Å². The molecule has 1 spiro atoms. The largest absolute Gasteiger partial charge is 0.476 e. The van der Waals surface area contributed by atoms with Gasteiger partial charge < -0.3 is 20.4 Å². The average Bonchev–Trinajstić information content (AvgIpc) is 2.87. The Hall–Kier alpha value is -3.48. The number of aliphatic hydroxyl groups is 1. The quantitative estimate of drug-likeness (QED) is 0.428. The molecule has 1 aromatic carbocycles. The molecule has 3 aromatic rings. The number of pyridine rings is 1. The zero-order valence-electron chi connectivity index (χ0n) is 20.1. The van der Waals surface area contributed by atoms with E-state index < -0.39 is 5.97 Å². The third-order valence-corrected chi connectivity index (χ3v) is 7.67. The Morgan fingerprint density at radius 1 is 1.31 bits per heavy atom. The number of hydrogen-bond donors (Lipinski definition) is 3. The summed E-state index contributed by atoms with van der Waals surface area (Å²) in [4.78, 5) is 27.4. The van der Waals surface area contributed by atoms with Crippen molar-refractivity contribution >= 4 is 40.1 Å². The van der Waals surface area contributed by atoms with Gasteiger partial charge in [-0.25, -0.2) is 19.7 Å². The normalized spacial score (nSPS) is 22.2. The summed E-state index contributed by atoms with van der Waals surface area (Å²) in [5, 5.41) is 33.3. The number of nitriles is 1. The molecule has 2 fully saturated rings. The van der Waals surface area contributed by atoms with Crippen molar-refractivity contribution in [2.45, 2.75) is 51.7 Å². The number of aliphatic hydroxyl groups excluding tert-OH is 1. The van der Waals surface area contributed by atoms with Crippen molar-refractivity contribution in [1.82, 2.24) is 15.0 Å². The van der Waals surface area contributed by atoms with Crippen molar-refractivity contribution in [3.05, 3.63) is 51.9 Å². The van der Waals surface area contributed by atoms with Gasteiger partial charge in [0.05, 0.1) is 28.9 Å². The predicted octanol–water partition coefficient (Wildman–Crippen LogP) is 4.47. The van der Waals surface area contributed by atoms with Crippen molar-refractivity contribution in [3.8, 4) is 6.07 Å². The third kappa shape index (κ3) is 4.21. The lowest BCUT2D eigenvalue weighted by atomic mass is 9.62. The number of aromatic nitrogens is 3. The molecule has 3 N–H and O–H groups in total. The van der Waals surface area contributed by atoms with Gasteiger partial charge in [-0.1, -0.05) is 17.7 Å². The summed E-state index contributed by atoms with van der Waals surface area (Å²) in [6.45, 7) is 5.25. The van der Waals surface area contributed by atoms with Crippen LogP contribution in [0.5, 0.6) is 0 Å². The molecule has 36 heavy (non-hydrogen) atoms. The number of nitrogens with one attached hydrogen (secondary N) is 1. The predicted molar refractivity (Wildman–Crippen MR) is 136 cm³/mol. The molecule has 0 radical (unpaired) electrons. The number of hydrogen-bond acceptors (Lipinski definition) is 8. The second-order valence-corrected chi connectivity index (χ2v) is 10.3. The van der Waals surface area contributed by atoms with Crippen LogP contribution < -0.4 is 10.2 Å². The minimum atomic E-state index is -1.18. The molecular formula is C26H27ClN6O3. The van der Waals surface area contributed by atoms with Gasteiger partial charge in [0.15, 0.2) is 17.2 Å². The summed E-state index contributed by atoms with van der Waals surface area (Å²) in [5.41, 5.74) is 3.31. The van der Waals surface area contributed by atoms with Crippen LogP contribution >= 0.6 is 11.6 Å². The van der Waals surface area contributed by atoms with E-state index in [9.17, 15) is 20.3 Å². The molecule has 5 rings (SSSR count). The Labute approximate surface area is 213 Å². The molecule has 186 valence electrons. The van der Waals surface area contributed by atoms with Gasteiger partial charge in [0, 0.05) is 24.1 Å². The van der Waals surface area contributed by atoms with Crippen molar-refractivity contribution < 1.29 is 15.0 Å². The van der Waals surface area contributed by atoms with Crippen molar-refractivity contribution in [2.24, 2.45) is 5.41 Å². The van der Waals surface area contributed by atoms with Crippen LogP contribution in [0.4, 0.5) is 11.5 Å². The van der Waals surface area contributed by atoms with E-state index in [1.165, 1.54) is 6.07 Å². The van der Waals surface area contributed by atoms with E-state index in [1.807, 2.05) is 26.0 Å². The van der Waals surface area contributed by atoms with Crippen LogP contribution in [0.3, 0.4) is 0 Å². The van der Waals surface area contributed by atoms with E-state index in [1.54, 1.807) is 6.07 Å². The van der Waals surface area contributed by atoms with Crippen LogP contribution in [-0.4, -0.2) is 50.3 Å². The van der Waals surface area contributed by atoms with E-state index in [0.29, 0.717) is 29.1 Å². The summed E-state index contributed by atoms with van der Waals surface area (Å²) in [6, 6.07) is 8.88. The van der Waals surface area contributed by atoms with Crippen LogP contribution in [0, 0.1) is 23.7 Å². The van der Waals surface area contributed by atoms with Crippen LogP contribution in [-0.2, 0) is 0 Å². The summed E-state index contributed by atoms with van der Waals surface area (Å²) in [5.74, 6) is -0.654. The summed E-state index contributed by atoms with van der Waals surface area (Å²) in [6.07, 6.45) is 3.35. The molecule has 1 aliphatic carbocycles. The monoisotopic (exact) mass is 506 g/mol. The highest BCUT2D eigenvalue weighted by molar-refractivity contribution is 6.29. The molecule has 0 bridgehead atoms. The minimum Gasteiger partial charge on any atom is -0.476 e. The SMILES string of the molecule is Cc1cc([C@@H](C)Nc2ccc(Cl)nc2C(=O)O)c2nc(N3CCCC4(CC[C@H]4O)C3)c(C#N)nc2c1. The van der Waals surface area contributed by atoms with E-state index in [4.69, 9.17) is 16.6 Å². The lowest BCUT2D eigenvalue weighted by Gasteiger charge is -2.52. The Balaban J connectivity index is 1.56. The van der Waals surface area contributed by atoms with Crippen LogP contribution in [0.25, 0.3) is 11.0 Å². The maximum atomic E-state index is 11.7. The van der Waals surface area contributed by atoms with E-state index in [0.717, 1.165) is 43.4 Å². The zero-order valence-corrected chi connectivity index (χ0v) is 20.9. The van der Waals surface area contributed by atoms with Gasteiger partial charge >= 0.3 is 5.97 Å². The number of fused-ring (bicyclic) bond motifs is 1. The van der Waals surface area contributed by atoms with Gasteiger partial charge in [-0.2, -0.15) is 5.26 Å². The zero-order chi connectivity index (χ0) is 25.6. The fraction of sp³-hybridized carbons (Fsp3) is 0.423. The molecule has 9 nitrogen and oxygen atoms in total. The number of anilines is 2. The van der Waals surface area contributed by atoms with Gasteiger partial charge in [0.2, 0.25) is 0 Å². The third-order valence-electron chi connectivity index (χ3n) is 7.46. The van der Waals surface area contributed by atoms with Crippen molar-refractivity contribution in [2.75, 3.05) is 23.3 Å². The number of aromatic carboxylic acids is 1. The first-order chi connectivity index (χ1) is 17.2. The summed E-state index contributed by atoms with van der Waals surface area (Å²) < 4.78 is 0. The number of benzene rings is 1. The van der Waals surface area contributed by atoms with Gasteiger partial charge in [-0.15, -0.1) is 0 Å². The molecule has 1 unspecified atom stereocenters. The smallest absolute Gasteiger partial charge is 0.356 e. The Morgan fingerprint density at radius 2 is 2.11 bits per heavy atom. The van der Waals surface area contributed by atoms with Crippen molar-refractivity contribution in [3.63, 3.8) is 0 Å². The number of carbonyl (C=O) groups is 1. The van der Waals surface area contributed by atoms with E-state index >= 15 is 0 Å². The molecule has 1 saturated carbocycles. The molecule has 1 aliphatic heterocycles. The van der Waals surface area contributed by atoms with Crippen LogP contribution in [0.15, 0.2) is 24.3 Å². The van der Waals surface area contributed by atoms with Gasteiger partial charge in [-0.3, -0.25) is 0 Å². The molecule has 3 atom stereocenters. The molecule has 0 amide bonds. The number of carboxylic acids is 1. The Morgan fingerprint density at radius 3 is 2.78 bits per heavy atom. The second-order valence-electron chi connectivity index (χ2n) is 9.87. The number of nitrogens with zero attached hydrogens (tertiary/aromatic N) is 5. The second kappa shape index (κ2) is 9.19. The number of piperidine rings is 1. The standard InChI is InChI=1S/C26H27ClN6O3/c1-14-10-16(15(2)29-17-4-5-21(27)31-23(17)25(35)36)22-18(11-14)30-19(12-28)24(32-22)33-9-3-7-26(13-33)8-6-20(26)34/h4-5,10-11,15,20,29,34H,3,6-9,13H2,1-2H3,(H,35,36)/t15-,20-,26?/m1/s1. The fourth-order valence-corrected chi connectivity index (χ4v) is 5.62. The maximum Gasteiger partial charge on any atom is 0.356 e. The van der Waals surface area contributed by atoms with E-state index in [-0.39, 0.29) is 34.1 Å². The van der Waals surface area contributed by atoms with Gasteiger partial charge in [-0.05, 0) is 63.3 Å². The van der Waals surface area contributed by atoms with Gasteiger partial charge in [0.1, 0.15) is 11.2 Å². The Bertz CT molecular complexity index is 1410. The van der Waals surface area contributed by atoms with Crippen LogP contribution in [0.2, 0.25) is 5.15 Å². The van der Waals surface area contributed by atoms with Crippen LogP contribution in [0.1, 0.15) is 66.0 Å². The van der Waals surface area contributed by atoms with Crippen molar-refractivity contribution in [1.29, 1.82) is 5.26 Å². The topological polar surface area (TPSA) is 135 Å². The number of rotatable bonds is 5.